The Balaban J connectivity index is 2.41. The molecule has 0 aromatic heterocycles. The Labute approximate surface area is 124 Å². The molecule has 1 aliphatic carbocycles. The monoisotopic (exact) mass is 325 g/mol. The molecule has 1 aliphatic rings. The third-order valence-corrected chi connectivity index (χ3v) is 5.23. The van der Waals surface area contributed by atoms with Gasteiger partial charge in [-0.3, -0.25) is 0 Å². The first kappa shape index (κ1) is 14.9. The molecular formula is C16H24BrNO. The van der Waals surface area contributed by atoms with E-state index < -0.39 is 0 Å². The standard InChI is InChI=1S/C16H24BrNO/c1-10-9-13(17)11(2)14(16(10)19-3)15(18)12-7-5-4-6-8-12/h9,12,15H,4-8,18H2,1-3H3. The fourth-order valence-electron chi connectivity index (χ4n) is 3.28. The summed E-state index contributed by atoms with van der Waals surface area (Å²) < 4.78 is 6.75. The van der Waals surface area contributed by atoms with Gasteiger partial charge in [-0.25, -0.2) is 0 Å². The van der Waals surface area contributed by atoms with E-state index in [0.29, 0.717) is 5.92 Å². The number of ether oxygens (including phenoxy) is 1. The van der Waals surface area contributed by atoms with Gasteiger partial charge in [0.05, 0.1) is 7.11 Å². The summed E-state index contributed by atoms with van der Waals surface area (Å²) in [6, 6.07) is 2.21. The zero-order chi connectivity index (χ0) is 14.0. The summed E-state index contributed by atoms with van der Waals surface area (Å²) in [5.41, 5.74) is 10.2. The molecular weight excluding hydrogens is 302 g/mol. The van der Waals surface area contributed by atoms with E-state index in [-0.39, 0.29) is 6.04 Å². The number of benzene rings is 1. The minimum atomic E-state index is 0.0893. The maximum Gasteiger partial charge on any atom is 0.126 e. The van der Waals surface area contributed by atoms with Crippen molar-refractivity contribution in [3.63, 3.8) is 0 Å². The van der Waals surface area contributed by atoms with Crippen LogP contribution in [0.15, 0.2) is 10.5 Å². The molecule has 1 saturated carbocycles. The molecule has 106 valence electrons. The van der Waals surface area contributed by atoms with Gasteiger partial charge in [0.25, 0.3) is 0 Å². The summed E-state index contributed by atoms with van der Waals surface area (Å²) in [6.45, 7) is 4.21. The highest BCUT2D eigenvalue weighted by Gasteiger charge is 2.27. The van der Waals surface area contributed by atoms with Gasteiger partial charge in [-0.05, 0) is 49.8 Å². The second-order valence-corrected chi connectivity index (χ2v) is 6.53. The molecule has 3 heteroatoms. The van der Waals surface area contributed by atoms with E-state index >= 15 is 0 Å². The number of aryl methyl sites for hydroxylation is 1. The van der Waals surface area contributed by atoms with Crippen molar-refractivity contribution in [1.82, 2.24) is 0 Å². The lowest BCUT2D eigenvalue weighted by Gasteiger charge is -2.30. The van der Waals surface area contributed by atoms with Gasteiger partial charge in [0, 0.05) is 16.1 Å². The molecule has 0 amide bonds. The zero-order valence-electron chi connectivity index (χ0n) is 12.1. The van der Waals surface area contributed by atoms with Crippen molar-refractivity contribution in [2.24, 2.45) is 11.7 Å². The van der Waals surface area contributed by atoms with Gasteiger partial charge >= 0.3 is 0 Å². The molecule has 0 bridgehead atoms. The van der Waals surface area contributed by atoms with E-state index in [9.17, 15) is 0 Å². The predicted molar refractivity (Wildman–Crippen MR) is 83.7 cm³/mol. The SMILES string of the molecule is COc1c(C)cc(Br)c(C)c1C(N)C1CCCCC1. The van der Waals surface area contributed by atoms with E-state index in [1.807, 2.05) is 0 Å². The Morgan fingerprint density at radius 3 is 2.47 bits per heavy atom. The molecule has 19 heavy (non-hydrogen) atoms. The highest BCUT2D eigenvalue weighted by molar-refractivity contribution is 9.10. The summed E-state index contributed by atoms with van der Waals surface area (Å²) in [5, 5.41) is 0. The molecule has 0 spiro atoms. The lowest BCUT2D eigenvalue weighted by molar-refractivity contribution is 0.300. The predicted octanol–water partition coefficient (Wildman–Crippen LogP) is 4.65. The van der Waals surface area contributed by atoms with Crippen LogP contribution < -0.4 is 10.5 Å². The van der Waals surface area contributed by atoms with Gasteiger partial charge in [-0.1, -0.05) is 35.2 Å². The van der Waals surface area contributed by atoms with Crippen molar-refractivity contribution in [2.75, 3.05) is 7.11 Å². The fourth-order valence-corrected chi connectivity index (χ4v) is 3.83. The second-order valence-electron chi connectivity index (χ2n) is 5.67. The van der Waals surface area contributed by atoms with Crippen LogP contribution in [0.1, 0.15) is 54.8 Å². The van der Waals surface area contributed by atoms with Crippen LogP contribution in [0, 0.1) is 19.8 Å². The zero-order valence-corrected chi connectivity index (χ0v) is 13.7. The maximum atomic E-state index is 6.58. The Bertz CT molecular complexity index is 453. The van der Waals surface area contributed by atoms with E-state index in [2.05, 4.69) is 35.8 Å². The normalized spacial score (nSPS) is 18.4. The number of rotatable bonds is 3. The van der Waals surface area contributed by atoms with Gasteiger partial charge in [0.2, 0.25) is 0 Å². The van der Waals surface area contributed by atoms with Crippen LogP contribution >= 0.6 is 15.9 Å². The Kier molecular flexibility index (Phi) is 4.91. The molecule has 1 unspecified atom stereocenters. The lowest BCUT2D eigenvalue weighted by atomic mass is 9.80. The third-order valence-electron chi connectivity index (χ3n) is 4.40. The van der Waals surface area contributed by atoms with E-state index in [4.69, 9.17) is 10.5 Å². The van der Waals surface area contributed by atoms with Crippen LogP contribution in [0.2, 0.25) is 0 Å². The average Bonchev–Trinajstić information content (AvgIpc) is 2.42. The quantitative estimate of drug-likeness (QED) is 0.877. The van der Waals surface area contributed by atoms with Gasteiger partial charge in [-0.15, -0.1) is 0 Å². The first-order valence-corrected chi connectivity index (χ1v) is 7.94. The smallest absolute Gasteiger partial charge is 0.126 e. The van der Waals surface area contributed by atoms with Crippen molar-refractivity contribution in [1.29, 1.82) is 0 Å². The minimum Gasteiger partial charge on any atom is -0.496 e. The van der Waals surface area contributed by atoms with Crippen LogP contribution in [0.5, 0.6) is 5.75 Å². The van der Waals surface area contributed by atoms with Crippen LogP contribution in [-0.2, 0) is 0 Å². The minimum absolute atomic E-state index is 0.0893. The molecule has 0 aliphatic heterocycles. The molecule has 2 nitrogen and oxygen atoms in total. The lowest BCUT2D eigenvalue weighted by Crippen LogP contribution is -2.25. The summed E-state index contributed by atoms with van der Waals surface area (Å²) in [7, 11) is 1.74. The fraction of sp³-hybridized carbons (Fsp3) is 0.625. The van der Waals surface area contributed by atoms with Gasteiger partial charge in [0.1, 0.15) is 5.75 Å². The maximum absolute atomic E-state index is 6.58. The number of hydrogen-bond donors (Lipinski definition) is 1. The second kappa shape index (κ2) is 6.27. The van der Waals surface area contributed by atoms with E-state index in [1.165, 1.54) is 43.2 Å². The topological polar surface area (TPSA) is 35.2 Å². The molecule has 2 rings (SSSR count). The number of methoxy groups -OCH3 is 1. The van der Waals surface area contributed by atoms with Gasteiger partial charge in [0.15, 0.2) is 0 Å². The molecule has 1 fully saturated rings. The highest BCUT2D eigenvalue weighted by atomic mass is 79.9. The van der Waals surface area contributed by atoms with Crippen molar-refractivity contribution in [3.8, 4) is 5.75 Å². The highest BCUT2D eigenvalue weighted by Crippen LogP contribution is 2.41. The average molecular weight is 326 g/mol. The number of halogens is 1. The van der Waals surface area contributed by atoms with E-state index in [0.717, 1.165) is 15.8 Å². The summed E-state index contributed by atoms with van der Waals surface area (Å²) in [5.74, 6) is 1.56. The van der Waals surface area contributed by atoms with Crippen molar-refractivity contribution >= 4 is 15.9 Å². The summed E-state index contributed by atoms with van der Waals surface area (Å²) in [6.07, 6.45) is 6.47. The first-order valence-electron chi connectivity index (χ1n) is 7.15. The van der Waals surface area contributed by atoms with Gasteiger partial charge in [-0.2, -0.15) is 0 Å². The summed E-state index contributed by atoms with van der Waals surface area (Å²) in [4.78, 5) is 0. The van der Waals surface area contributed by atoms with E-state index in [1.54, 1.807) is 7.11 Å². The van der Waals surface area contributed by atoms with Crippen LogP contribution in [-0.4, -0.2) is 7.11 Å². The largest absolute Gasteiger partial charge is 0.496 e. The molecule has 2 N–H and O–H groups in total. The van der Waals surface area contributed by atoms with Crippen molar-refractivity contribution < 1.29 is 4.74 Å². The Morgan fingerprint density at radius 1 is 1.26 bits per heavy atom. The van der Waals surface area contributed by atoms with Crippen molar-refractivity contribution in [2.45, 2.75) is 52.0 Å². The first-order chi connectivity index (χ1) is 9.06. The number of hydrogen-bond acceptors (Lipinski definition) is 2. The molecule has 0 radical (unpaired) electrons. The molecule has 1 aromatic rings. The van der Waals surface area contributed by atoms with Crippen LogP contribution in [0.25, 0.3) is 0 Å². The summed E-state index contributed by atoms with van der Waals surface area (Å²) >= 11 is 3.64. The van der Waals surface area contributed by atoms with Crippen LogP contribution in [0.4, 0.5) is 0 Å². The van der Waals surface area contributed by atoms with Crippen molar-refractivity contribution in [3.05, 3.63) is 27.2 Å². The third kappa shape index (κ3) is 2.97. The van der Waals surface area contributed by atoms with Gasteiger partial charge < -0.3 is 10.5 Å². The van der Waals surface area contributed by atoms with Crippen LogP contribution in [0.3, 0.4) is 0 Å². The Hall–Kier alpha value is -0.540. The molecule has 0 saturated heterocycles. The Morgan fingerprint density at radius 2 is 1.89 bits per heavy atom. The molecule has 1 aromatic carbocycles. The molecule has 1 atom stereocenters. The number of nitrogens with two attached hydrogens (primary N) is 1. The molecule has 0 heterocycles.